The fraction of sp³-hybridized carbons (Fsp3) is 0.833. The Bertz CT molecular complexity index is 350. The molecule has 0 aromatic heterocycles. The highest BCUT2D eigenvalue weighted by Crippen LogP contribution is 2.60. The number of hydrogen-bond donors (Lipinski definition) is 2. The molecule has 0 radical (unpaired) electrons. The molecule has 0 unspecified atom stereocenters. The lowest BCUT2D eigenvalue weighted by Crippen LogP contribution is -2.49. The largest absolute Gasteiger partial charge is 0.427 e. The van der Waals surface area contributed by atoms with E-state index in [0.717, 1.165) is 37.0 Å². The van der Waals surface area contributed by atoms with Crippen molar-refractivity contribution in [1.29, 1.82) is 0 Å². The van der Waals surface area contributed by atoms with Gasteiger partial charge in [0, 0.05) is 0 Å². The van der Waals surface area contributed by atoms with Crippen molar-refractivity contribution < 1.29 is 13.8 Å². The van der Waals surface area contributed by atoms with E-state index in [1.807, 2.05) is 5.32 Å². The second-order valence-electron chi connectivity index (χ2n) is 6.04. The van der Waals surface area contributed by atoms with Gasteiger partial charge in [-0.15, -0.1) is 0 Å². The average molecular weight is 270 g/mol. The number of rotatable bonds is 2. The van der Waals surface area contributed by atoms with E-state index in [1.165, 1.54) is 31.3 Å². The molecule has 3 N–H and O–H groups in total. The molecule has 0 aliphatic heterocycles. The van der Waals surface area contributed by atoms with Crippen molar-refractivity contribution in [3.63, 3.8) is 0 Å². The standard InChI is InChI=1S/C12H18N2O3S/c13-10(15)14-11(16)17-18-12-4-7-1-8(5-12)3-9(2-7)6-12/h7-9H,1-6H2,(H3,13,14,15,16). The summed E-state index contributed by atoms with van der Waals surface area (Å²) in [5.41, 5.74) is 4.87. The summed E-state index contributed by atoms with van der Waals surface area (Å²) in [7, 11) is 0. The van der Waals surface area contributed by atoms with Gasteiger partial charge in [0.25, 0.3) is 0 Å². The highest BCUT2D eigenvalue weighted by Gasteiger charge is 2.52. The molecule has 4 aliphatic rings. The van der Waals surface area contributed by atoms with E-state index in [4.69, 9.17) is 9.92 Å². The van der Waals surface area contributed by atoms with Crippen molar-refractivity contribution in [2.24, 2.45) is 23.5 Å². The van der Waals surface area contributed by atoms with Crippen LogP contribution in [0, 0.1) is 17.8 Å². The summed E-state index contributed by atoms with van der Waals surface area (Å²) >= 11 is 1.26. The fourth-order valence-electron chi connectivity index (χ4n) is 4.38. The van der Waals surface area contributed by atoms with Gasteiger partial charge in [0.05, 0.1) is 16.8 Å². The second-order valence-corrected chi connectivity index (χ2v) is 7.24. The number of imide groups is 1. The van der Waals surface area contributed by atoms with Crippen LogP contribution < -0.4 is 11.1 Å². The molecule has 100 valence electrons. The topological polar surface area (TPSA) is 81.4 Å². The predicted molar refractivity (Wildman–Crippen MR) is 67.7 cm³/mol. The summed E-state index contributed by atoms with van der Waals surface area (Å²) in [5.74, 6) is 2.43. The van der Waals surface area contributed by atoms with Gasteiger partial charge in [0.2, 0.25) is 0 Å². The van der Waals surface area contributed by atoms with Gasteiger partial charge in [-0.1, -0.05) is 0 Å². The zero-order chi connectivity index (χ0) is 12.8. The van der Waals surface area contributed by atoms with Crippen LogP contribution in [0.3, 0.4) is 0 Å². The van der Waals surface area contributed by atoms with Crippen molar-refractivity contribution in [2.45, 2.75) is 43.3 Å². The van der Waals surface area contributed by atoms with Gasteiger partial charge in [0.1, 0.15) is 0 Å². The molecule has 4 saturated carbocycles. The maximum Gasteiger partial charge on any atom is 0.427 e. The van der Waals surface area contributed by atoms with Crippen molar-refractivity contribution in [3.05, 3.63) is 0 Å². The Hall–Kier alpha value is -0.910. The summed E-state index contributed by atoms with van der Waals surface area (Å²) in [6.45, 7) is 0. The van der Waals surface area contributed by atoms with Gasteiger partial charge >= 0.3 is 12.1 Å². The van der Waals surface area contributed by atoms with Gasteiger partial charge in [-0.3, -0.25) is 0 Å². The zero-order valence-corrected chi connectivity index (χ0v) is 11.0. The summed E-state index contributed by atoms with van der Waals surface area (Å²) in [6, 6.07) is -0.869. The highest BCUT2D eigenvalue weighted by atomic mass is 32.2. The Morgan fingerprint density at radius 2 is 1.61 bits per heavy atom. The second kappa shape index (κ2) is 4.33. The highest BCUT2D eigenvalue weighted by molar-refractivity contribution is 7.96. The Morgan fingerprint density at radius 1 is 1.11 bits per heavy atom. The van der Waals surface area contributed by atoms with Crippen LogP contribution in [0.25, 0.3) is 0 Å². The summed E-state index contributed by atoms with van der Waals surface area (Å²) in [5, 5.41) is 1.93. The normalized spacial score (nSPS) is 40.6. The SMILES string of the molecule is NC(=O)NC(=O)OSC12CC3CC(CC(C3)C1)C2. The lowest BCUT2D eigenvalue weighted by atomic mass is 9.56. The Labute approximate surface area is 110 Å². The first-order valence-electron chi connectivity index (χ1n) is 6.51. The first kappa shape index (κ1) is 12.1. The molecule has 0 atom stereocenters. The van der Waals surface area contributed by atoms with Gasteiger partial charge < -0.3 is 9.92 Å². The number of nitrogens with one attached hydrogen (secondary N) is 1. The van der Waals surface area contributed by atoms with E-state index in [0.29, 0.717) is 0 Å². The predicted octanol–water partition coefficient (Wildman–Crippen LogP) is 2.41. The lowest BCUT2D eigenvalue weighted by molar-refractivity contribution is 0.0359. The number of primary amides is 1. The number of hydrogen-bond acceptors (Lipinski definition) is 4. The van der Waals surface area contributed by atoms with Gasteiger partial charge in [-0.25, -0.2) is 14.9 Å². The maximum atomic E-state index is 11.3. The Kier molecular flexibility index (Phi) is 2.92. The van der Waals surface area contributed by atoms with Crippen LogP contribution >= 0.6 is 12.0 Å². The molecule has 0 aromatic rings. The number of carbonyl (C=O) groups is 2. The van der Waals surface area contributed by atoms with Crippen LogP contribution in [0.4, 0.5) is 9.59 Å². The average Bonchev–Trinajstić information content (AvgIpc) is 2.23. The van der Waals surface area contributed by atoms with Crippen LogP contribution in [-0.2, 0) is 4.18 Å². The van der Waals surface area contributed by atoms with Gasteiger partial charge in [0.15, 0.2) is 0 Å². The molecule has 18 heavy (non-hydrogen) atoms. The third-order valence-corrected chi connectivity index (χ3v) is 5.59. The Morgan fingerprint density at radius 3 is 2.06 bits per heavy atom. The zero-order valence-electron chi connectivity index (χ0n) is 10.2. The molecule has 0 aromatic carbocycles. The van der Waals surface area contributed by atoms with Crippen LogP contribution in [0.1, 0.15) is 38.5 Å². The molecule has 4 aliphatic carbocycles. The van der Waals surface area contributed by atoms with Gasteiger partial charge in [-0.05, 0) is 56.3 Å². The number of urea groups is 1. The lowest BCUT2D eigenvalue weighted by Gasteiger charge is -2.55. The molecule has 0 heterocycles. The van der Waals surface area contributed by atoms with Crippen molar-refractivity contribution in [1.82, 2.24) is 5.32 Å². The first-order valence-corrected chi connectivity index (χ1v) is 7.25. The van der Waals surface area contributed by atoms with E-state index in [1.54, 1.807) is 0 Å². The van der Waals surface area contributed by atoms with Gasteiger partial charge in [-0.2, -0.15) is 0 Å². The molecule has 4 bridgehead atoms. The molecule has 6 heteroatoms. The molecule has 4 rings (SSSR count). The molecular formula is C12H18N2O3S. The van der Waals surface area contributed by atoms with Crippen molar-refractivity contribution in [2.75, 3.05) is 0 Å². The minimum absolute atomic E-state index is 0.101. The number of amides is 3. The van der Waals surface area contributed by atoms with Crippen LogP contribution in [0.2, 0.25) is 0 Å². The van der Waals surface area contributed by atoms with Crippen molar-refractivity contribution >= 4 is 24.2 Å². The molecule has 0 spiro atoms. The van der Waals surface area contributed by atoms with Crippen molar-refractivity contribution in [3.8, 4) is 0 Å². The molecular weight excluding hydrogens is 252 g/mol. The van der Waals surface area contributed by atoms with E-state index < -0.39 is 12.1 Å². The third kappa shape index (κ3) is 2.30. The van der Waals surface area contributed by atoms with E-state index in [9.17, 15) is 9.59 Å². The van der Waals surface area contributed by atoms with Crippen LogP contribution in [-0.4, -0.2) is 16.9 Å². The fourth-order valence-corrected chi connectivity index (χ4v) is 5.59. The number of carbonyl (C=O) groups excluding carboxylic acids is 2. The quantitative estimate of drug-likeness (QED) is 0.755. The molecule has 4 fully saturated rings. The summed E-state index contributed by atoms with van der Waals surface area (Å²) < 4.78 is 5.20. The third-order valence-electron chi connectivity index (χ3n) is 4.50. The first-order chi connectivity index (χ1) is 8.55. The van der Waals surface area contributed by atoms with E-state index in [2.05, 4.69) is 0 Å². The molecule has 0 saturated heterocycles. The maximum absolute atomic E-state index is 11.3. The number of nitrogens with two attached hydrogens (primary N) is 1. The summed E-state index contributed by atoms with van der Waals surface area (Å²) in [6.07, 6.45) is 6.76. The molecule has 3 amide bonds. The minimum Gasteiger partial charge on any atom is -0.374 e. The monoisotopic (exact) mass is 270 g/mol. The van der Waals surface area contributed by atoms with E-state index in [-0.39, 0.29) is 4.75 Å². The molecule has 5 nitrogen and oxygen atoms in total. The summed E-state index contributed by atoms with van der Waals surface area (Å²) in [4.78, 5) is 21.8. The van der Waals surface area contributed by atoms with Crippen LogP contribution in [0.5, 0.6) is 0 Å². The smallest absolute Gasteiger partial charge is 0.374 e. The Balaban J connectivity index is 1.59. The van der Waals surface area contributed by atoms with E-state index >= 15 is 0 Å². The minimum atomic E-state index is -0.869. The van der Waals surface area contributed by atoms with Crippen LogP contribution in [0.15, 0.2) is 0 Å².